The molecule has 0 bridgehead atoms. The highest BCUT2D eigenvalue weighted by atomic mass is 19.1. The average Bonchev–Trinajstić information content (AvgIpc) is 2.98. The lowest BCUT2D eigenvalue weighted by Gasteiger charge is -2.44. The van der Waals surface area contributed by atoms with Gasteiger partial charge in [0.15, 0.2) is 0 Å². The zero-order valence-corrected chi connectivity index (χ0v) is 23.3. The smallest absolute Gasteiger partial charge is 0.132 e. The fourth-order valence-corrected chi connectivity index (χ4v) is 5.66. The van der Waals surface area contributed by atoms with E-state index in [-0.39, 0.29) is 5.82 Å². The predicted octanol–water partition coefficient (Wildman–Crippen LogP) is 6.71. The summed E-state index contributed by atoms with van der Waals surface area (Å²) in [5.41, 5.74) is 5.51. The summed E-state index contributed by atoms with van der Waals surface area (Å²) in [6.45, 7) is 16.0. The van der Waals surface area contributed by atoms with Crippen LogP contribution in [0.25, 0.3) is 17.0 Å². The van der Waals surface area contributed by atoms with Gasteiger partial charge < -0.3 is 14.5 Å². The van der Waals surface area contributed by atoms with Crippen LogP contribution in [0, 0.1) is 12.7 Å². The van der Waals surface area contributed by atoms with Crippen LogP contribution in [0.5, 0.6) is 5.75 Å². The molecule has 2 aromatic carbocycles. The Balaban J connectivity index is 0.00000164. The number of anilines is 2. The Morgan fingerprint density at radius 1 is 0.974 bits per heavy atom. The molecule has 6 heteroatoms. The van der Waals surface area contributed by atoms with Crippen molar-refractivity contribution in [1.29, 1.82) is 0 Å². The molecule has 0 saturated carbocycles. The van der Waals surface area contributed by atoms with Crippen LogP contribution < -0.4 is 14.5 Å². The monoisotopic (exact) mass is 516 g/mol. The molecule has 0 N–H and O–H groups in total. The molecule has 1 aromatic heterocycles. The number of allylic oxidation sites excluding steroid dienone is 2. The zero-order valence-electron chi connectivity index (χ0n) is 23.3. The summed E-state index contributed by atoms with van der Waals surface area (Å²) in [5.74, 6) is 0.682. The molecule has 0 aliphatic carbocycles. The molecule has 3 heterocycles. The molecule has 0 atom stereocenters. The highest BCUT2D eigenvalue weighted by Gasteiger charge is 2.29. The van der Waals surface area contributed by atoms with Crippen LogP contribution in [0.2, 0.25) is 0 Å². The molecule has 0 spiro atoms. The maximum atomic E-state index is 14.3. The summed E-state index contributed by atoms with van der Waals surface area (Å²) >= 11 is 0. The van der Waals surface area contributed by atoms with E-state index in [1.165, 1.54) is 16.8 Å². The molecule has 0 unspecified atom stereocenters. The third kappa shape index (κ3) is 5.86. The Morgan fingerprint density at radius 2 is 1.68 bits per heavy atom. The first-order valence-corrected chi connectivity index (χ1v) is 13.8. The number of aromatic nitrogens is 1. The van der Waals surface area contributed by atoms with Crippen molar-refractivity contribution in [3.8, 4) is 5.75 Å². The number of pyridine rings is 1. The summed E-state index contributed by atoms with van der Waals surface area (Å²) in [7, 11) is 1.73. The first-order chi connectivity index (χ1) is 18.6. The summed E-state index contributed by atoms with van der Waals surface area (Å²) < 4.78 is 19.8. The number of benzene rings is 2. The lowest BCUT2D eigenvalue weighted by molar-refractivity contribution is 0.160. The highest BCUT2D eigenvalue weighted by Crippen LogP contribution is 2.33. The number of hydrogen-bond donors (Lipinski definition) is 0. The van der Waals surface area contributed by atoms with E-state index >= 15 is 0 Å². The number of ether oxygens (including phenoxy) is 1. The lowest BCUT2D eigenvalue weighted by Crippen LogP contribution is -2.53. The van der Waals surface area contributed by atoms with Crippen molar-refractivity contribution in [2.24, 2.45) is 0 Å². The van der Waals surface area contributed by atoms with Crippen molar-refractivity contribution in [2.45, 2.75) is 39.7 Å². The van der Waals surface area contributed by atoms with E-state index in [0.29, 0.717) is 11.4 Å². The standard InChI is InChI=1S/C30H35FN4O.C2H6/c1-4-5-7-23-20-25(36-3)21-29(22(23)2)35-18-16-33(17-19-35)24-11-14-34(15-12-24)28-10-9-27(31)26-8-6-13-32-30(26)28;1-2/h4-10,13,20-21,24H,1,11-12,14-19H2,2-3H3;1-2H3/b7-5-;. The molecule has 0 radical (unpaired) electrons. The SMILES string of the molecule is C=C/C=C\c1cc(OC)cc(N2CCN(C3CCN(c4ccc(F)c5cccnc45)CC3)CC2)c1C.CC. The van der Waals surface area contributed by atoms with Gasteiger partial charge in [-0.05, 0) is 61.2 Å². The number of piperazine rings is 1. The second-order valence-corrected chi connectivity index (χ2v) is 9.66. The van der Waals surface area contributed by atoms with Gasteiger partial charge in [0.05, 0.1) is 18.3 Å². The summed E-state index contributed by atoms with van der Waals surface area (Å²) in [4.78, 5) is 12.0. The van der Waals surface area contributed by atoms with Crippen LogP contribution in [-0.4, -0.2) is 62.3 Å². The molecule has 202 valence electrons. The van der Waals surface area contributed by atoms with E-state index in [9.17, 15) is 4.39 Å². The van der Waals surface area contributed by atoms with E-state index in [1.54, 1.807) is 31.5 Å². The number of hydrogen-bond acceptors (Lipinski definition) is 5. The van der Waals surface area contributed by atoms with Gasteiger partial charge >= 0.3 is 0 Å². The maximum absolute atomic E-state index is 14.3. The molecule has 5 nitrogen and oxygen atoms in total. The normalized spacial score (nSPS) is 17.0. The zero-order chi connectivity index (χ0) is 27.1. The van der Waals surface area contributed by atoms with Gasteiger partial charge in [-0.2, -0.15) is 0 Å². The Bertz CT molecular complexity index is 1260. The quantitative estimate of drug-likeness (QED) is 0.340. The molecule has 38 heavy (non-hydrogen) atoms. The fourth-order valence-electron chi connectivity index (χ4n) is 5.66. The summed E-state index contributed by atoms with van der Waals surface area (Å²) in [6.07, 6.45) is 9.84. The number of nitrogens with zero attached hydrogens (tertiary/aromatic N) is 4. The van der Waals surface area contributed by atoms with Gasteiger partial charge in [0.2, 0.25) is 0 Å². The Hall–Kier alpha value is -3.38. The Morgan fingerprint density at radius 3 is 2.37 bits per heavy atom. The number of piperidine rings is 1. The average molecular weight is 517 g/mol. The van der Waals surface area contributed by atoms with Crippen LogP contribution in [0.4, 0.5) is 15.8 Å². The predicted molar refractivity (Wildman–Crippen MR) is 159 cm³/mol. The third-order valence-electron chi connectivity index (χ3n) is 7.71. The third-order valence-corrected chi connectivity index (χ3v) is 7.71. The molecular weight excluding hydrogens is 475 g/mol. The van der Waals surface area contributed by atoms with Gasteiger partial charge in [0.1, 0.15) is 11.6 Å². The van der Waals surface area contributed by atoms with Gasteiger partial charge in [-0.1, -0.05) is 38.7 Å². The largest absolute Gasteiger partial charge is 0.497 e. The Kier molecular flexibility index (Phi) is 9.40. The van der Waals surface area contributed by atoms with E-state index < -0.39 is 0 Å². The Labute approximate surface area is 227 Å². The van der Waals surface area contributed by atoms with E-state index in [4.69, 9.17) is 4.74 Å². The van der Waals surface area contributed by atoms with E-state index in [2.05, 4.69) is 51.4 Å². The molecule has 2 fully saturated rings. The highest BCUT2D eigenvalue weighted by molar-refractivity contribution is 5.91. The summed E-state index contributed by atoms with van der Waals surface area (Å²) in [6, 6.07) is 11.9. The van der Waals surface area contributed by atoms with Crippen LogP contribution in [-0.2, 0) is 0 Å². The van der Waals surface area contributed by atoms with Crippen LogP contribution in [0.15, 0.2) is 61.3 Å². The summed E-state index contributed by atoms with van der Waals surface area (Å²) in [5, 5.41) is 0.601. The number of halogens is 1. The van der Waals surface area contributed by atoms with E-state index in [0.717, 1.165) is 69.1 Å². The van der Waals surface area contributed by atoms with Gasteiger partial charge in [-0.25, -0.2) is 4.39 Å². The minimum Gasteiger partial charge on any atom is -0.497 e. The van der Waals surface area contributed by atoms with Gasteiger partial charge in [0, 0.05) is 68.6 Å². The minimum absolute atomic E-state index is 0.204. The molecule has 2 aliphatic rings. The number of rotatable bonds is 6. The first kappa shape index (κ1) is 27.6. The second kappa shape index (κ2) is 12.9. The number of fused-ring (bicyclic) bond motifs is 1. The van der Waals surface area contributed by atoms with Crippen molar-refractivity contribution in [3.63, 3.8) is 0 Å². The molecule has 2 saturated heterocycles. The van der Waals surface area contributed by atoms with Crippen molar-refractivity contribution < 1.29 is 9.13 Å². The first-order valence-electron chi connectivity index (χ1n) is 13.8. The van der Waals surface area contributed by atoms with Crippen molar-refractivity contribution in [3.05, 3.63) is 78.3 Å². The van der Waals surface area contributed by atoms with Gasteiger partial charge in [-0.15, -0.1) is 0 Å². The molecule has 0 amide bonds. The van der Waals surface area contributed by atoms with E-state index in [1.807, 2.05) is 32.1 Å². The maximum Gasteiger partial charge on any atom is 0.132 e. The second-order valence-electron chi connectivity index (χ2n) is 9.66. The van der Waals surface area contributed by atoms with Crippen molar-refractivity contribution >= 4 is 28.4 Å². The van der Waals surface area contributed by atoms with Crippen molar-refractivity contribution in [1.82, 2.24) is 9.88 Å². The minimum atomic E-state index is -0.204. The molecule has 5 rings (SSSR count). The van der Waals surface area contributed by atoms with Crippen LogP contribution in [0.3, 0.4) is 0 Å². The van der Waals surface area contributed by atoms with Gasteiger partial charge in [-0.3, -0.25) is 9.88 Å². The molecule has 2 aliphatic heterocycles. The lowest BCUT2D eigenvalue weighted by atomic mass is 10.00. The fraction of sp³-hybridized carbons (Fsp3) is 0.406. The molecular formula is C32H41FN4O. The van der Waals surface area contributed by atoms with Crippen molar-refractivity contribution in [2.75, 3.05) is 56.2 Å². The topological polar surface area (TPSA) is 31.8 Å². The van der Waals surface area contributed by atoms with Gasteiger partial charge in [0.25, 0.3) is 0 Å². The van der Waals surface area contributed by atoms with Crippen LogP contribution in [0.1, 0.15) is 37.8 Å². The molecule has 3 aromatic rings. The van der Waals surface area contributed by atoms with Crippen LogP contribution >= 0.6 is 0 Å². The number of methoxy groups -OCH3 is 1.